The lowest BCUT2D eigenvalue weighted by atomic mass is 10.1. The summed E-state index contributed by atoms with van der Waals surface area (Å²) >= 11 is 0. The van der Waals surface area contributed by atoms with Crippen LogP contribution in [0.4, 0.5) is 0 Å². The summed E-state index contributed by atoms with van der Waals surface area (Å²) in [6, 6.07) is 12.9. The molecule has 0 aliphatic heterocycles. The molecule has 0 heterocycles. The lowest BCUT2D eigenvalue weighted by Crippen LogP contribution is -2.28. The molecule has 1 N–H and O–H groups in total. The fourth-order valence-corrected chi connectivity index (χ4v) is 3.23. The maximum atomic E-state index is 12.2. The fraction of sp³-hybridized carbons (Fsp3) is 0.333. The predicted octanol–water partition coefficient (Wildman–Crippen LogP) is 3.22. The topological polar surface area (TPSA) is 55.4 Å². The van der Waals surface area contributed by atoms with Gasteiger partial charge in [0, 0.05) is 6.54 Å². The smallest absolute Gasteiger partial charge is 0.240 e. The van der Waals surface area contributed by atoms with Crippen LogP contribution < -0.4 is 9.46 Å². The molecule has 0 fully saturated rings. The van der Waals surface area contributed by atoms with E-state index in [2.05, 4.69) is 11.6 Å². The van der Waals surface area contributed by atoms with Crippen LogP contribution in [0, 0.1) is 13.8 Å². The minimum absolute atomic E-state index is 0.227. The fourth-order valence-electron chi connectivity index (χ4n) is 2.13. The molecule has 0 saturated heterocycles. The van der Waals surface area contributed by atoms with E-state index in [0.29, 0.717) is 0 Å². The van der Waals surface area contributed by atoms with Gasteiger partial charge in [0.15, 0.2) is 0 Å². The third-order valence-corrected chi connectivity index (χ3v) is 5.24. The molecule has 4 nitrogen and oxygen atoms in total. The van der Waals surface area contributed by atoms with E-state index in [-0.39, 0.29) is 18.0 Å². The second-order valence-electron chi connectivity index (χ2n) is 5.49. The summed E-state index contributed by atoms with van der Waals surface area (Å²) in [6.07, 6.45) is 0.982. The van der Waals surface area contributed by atoms with Gasteiger partial charge in [0.1, 0.15) is 12.4 Å². The van der Waals surface area contributed by atoms with Crippen LogP contribution in [-0.2, 0) is 16.4 Å². The second-order valence-corrected chi connectivity index (χ2v) is 7.26. The van der Waals surface area contributed by atoms with Gasteiger partial charge in [0.25, 0.3) is 0 Å². The minimum atomic E-state index is -3.49. The molecule has 0 amide bonds. The highest BCUT2D eigenvalue weighted by atomic mass is 32.2. The van der Waals surface area contributed by atoms with Gasteiger partial charge in [0.2, 0.25) is 10.0 Å². The van der Waals surface area contributed by atoms with Crippen molar-refractivity contribution in [3.05, 3.63) is 59.2 Å². The number of nitrogens with one attached hydrogen (secondary N) is 1. The maximum Gasteiger partial charge on any atom is 0.240 e. The third-order valence-electron chi connectivity index (χ3n) is 3.78. The number of sulfonamides is 1. The van der Waals surface area contributed by atoms with E-state index >= 15 is 0 Å². The largest absolute Gasteiger partial charge is 0.492 e. The number of rotatable bonds is 7. The summed E-state index contributed by atoms with van der Waals surface area (Å²) in [5.41, 5.74) is 3.27. The van der Waals surface area contributed by atoms with Crippen LogP contribution in [0.3, 0.4) is 0 Å². The van der Waals surface area contributed by atoms with Crippen LogP contribution in [-0.4, -0.2) is 21.6 Å². The first kappa shape index (κ1) is 17.5. The Balaban J connectivity index is 1.88. The molecular weight excluding hydrogens is 310 g/mol. The van der Waals surface area contributed by atoms with Crippen molar-refractivity contribution in [2.24, 2.45) is 0 Å². The Morgan fingerprint density at radius 1 is 1.00 bits per heavy atom. The Labute approximate surface area is 138 Å². The molecule has 0 spiro atoms. The number of benzene rings is 2. The van der Waals surface area contributed by atoms with Gasteiger partial charge in [-0.25, -0.2) is 13.1 Å². The molecule has 23 heavy (non-hydrogen) atoms. The lowest BCUT2D eigenvalue weighted by molar-refractivity contribution is 0.322. The molecular formula is C18H23NO3S. The monoisotopic (exact) mass is 333 g/mol. The Bertz CT molecular complexity index is 752. The van der Waals surface area contributed by atoms with Gasteiger partial charge in [-0.1, -0.05) is 25.1 Å². The lowest BCUT2D eigenvalue weighted by Gasteiger charge is -2.10. The molecule has 124 valence electrons. The van der Waals surface area contributed by atoms with Crippen LogP contribution in [0.15, 0.2) is 47.4 Å². The zero-order valence-corrected chi connectivity index (χ0v) is 14.6. The summed E-state index contributed by atoms with van der Waals surface area (Å²) in [4.78, 5) is 0.285. The molecule has 2 aromatic rings. The van der Waals surface area contributed by atoms with Crippen molar-refractivity contribution in [2.45, 2.75) is 32.1 Å². The molecule has 0 aromatic heterocycles. The molecule has 5 heteroatoms. The van der Waals surface area contributed by atoms with Gasteiger partial charge < -0.3 is 4.74 Å². The van der Waals surface area contributed by atoms with E-state index in [1.54, 1.807) is 12.1 Å². The standard InChI is InChI=1S/C18H23NO3S/c1-4-16-6-8-17(9-7-16)22-12-11-19-23(20,21)18-10-5-14(2)15(3)13-18/h5-10,13,19H,4,11-12H2,1-3H3. The Hall–Kier alpha value is -1.85. The summed E-state index contributed by atoms with van der Waals surface area (Å²) in [5, 5.41) is 0. The number of hydrogen-bond donors (Lipinski definition) is 1. The highest BCUT2D eigenvalue weighted by Gasteiger charge is 2.13. The van der Waals surface area contributed by atoms with Crippen molar-refractivity contribution in [1.82, 2.24) is 4.72 Å². The van der Waals surface area contributed by atoms with E-state index in [9.17, 15) is 8.42 Å². The third kappa shape index (κ3) is 4.81. The van der Waals surface area contributed by atoms with E-state index < -0.39 is 10.0 Å². The molecule has 0 saturated carbocycles. The molecule has 0 radical (unpaired) electrons. The molecule has 2 rings (SSSR count). The number of hydrogen-bond acceptors (Lipinski definition) is 3. The van der Waals surface area contributed by atoms with E-state index in [1.807, 2.05) is 44.2 Å². The van der Waals surface area contributed by atoms with Crippen LogP contribution in [0.25, 0.3) is 0 Å². The first-order valence-electron chi connectivity index (χ1n) is 7.71. The first-order valence-corrected chi connectivity index (χ1v) is 9.19. The number of aryl methyl sites for hydroxylation is 3. The van der Waals surface area contributed by atoms with Gasteiger partial charge >= 0.3 is 0 Å². The Morgan fingerprint density at radius 3 is 2.30 bits per heavy atom. The second kappa shape index (κ2) is 7.62. The molecule has 0 unspecified atom stereocenters. The van der Waals surface area contributed by atoms with E-state index in [0.717, 1.165) is 23.3 Å². The molecule has 0 aliphatic rings. The van der Waals surface area contributed by atoms with Crippen molar-refractivity contribution in [3.63, 3.8) is 0 Å². The highest BCUT2D eigenvalue weighted by molar-refractivity contribution is 7.89. The highest BCUT2D eigenvalue weighted by Crippen LogP contribution is 2.15. The molecule has 0 atom stereocenters. The summed E-state index contributed by atoms with van der Waals surface area (Å²) in [5.74, 6) is 0.743. The minimum Gasteiger partial charge on any atom is -0.492 e. The number of ether oxygens (including phenoxy) is 1. The van der Waals surface area contributed by atoms with Crippen LogP contribution >= 0.6 is 0 Å². The van der Waals surface area contributed by atoms with Gasteiger partial charge in [-0.3, -0.25) is 0 Å². The van der Waals surface area contributed by atoms with Crippen LogP contribution in [0.1, 0.15) is 23.6 Å². The van der Waals surface area contributed by atoms with Crippen molar-refractivity contribution in [1.29, 1.82) is 0 Å². The summed E-state index contributed by atoms with van der Waals surface area (Å²) in [6.45, 7) is 6.46. The molecule has 0 bridgehead atoms. The van der Waals surface area contributed by atoms with Crippen molar-refractivity contribution in [3.8, 4) is 5.75 Å². The predicted molar refractivity (Wildman–Crippen MR) is 92.4 cm³/mol. The summed E-state index contributed by atoms with van der Waals surface area (Å²) in [7, 11) is -3.49. The van der Waals surface area contributed by atoms with Crippen LogP contribution in [0.2, 0.25) is 0 Å². The average Bonchev–Trinajstić information content (AvgIpc) is 2.54. The van der Waals surface area contributed by atoms with E-state index in [1.165, 1.54) is 5.56 Å². The summed E-state index contributed by atoms with van der Waals surface area (Å²) < 4.78 is 32.6. The molecule has 2 aromatic carbocycles. The first-order chi connectivity index (χ1) is 10.9. The normalized spacial score (nSPS) is 11.4. The zero-order chi connectivity index (χ0) is 16.9. The molecule has 0 aliphatic carbocycles. The Morgan fingerprint density at radius 2 is 1.70 bits per heavy atom. The van der Waals surface area contributed by atoms with Crippen molar-refractivity contribution < 1.29 is 13.2 Å². The van der Waals surface area contributed by atoms with Gasteiger partial charge in [-0.05, 0) is 61.2 Å². The Kier molecular flexibility index (Phi) is 5.80. The van der Waals surface area contributed by atoms with Gasteiger partial charge in [-0.15, -0.1) is 0 Å². The maximum absolute atomic E-state index is 12.2. The van der Waals surface area contributed by atoms with Gasteiger partial charge in [-0.2, -0.15) is 0 Å². The van der Waals surface area contributed by atoms with Gasteiger partial charge in [0.05, 0.1) is 4.90 Å². The average molecular weight is 333 g/mol. The zero-order valence-electron chi connectivity index (χ0n) is 13.8. The van der Waals surface area contributed by atoms with Crippen molar-refractivity contribution in [2.75, 3.05) is 13.2 Å². The van der Waals surface area contributed by atoms with Crippen LogP contribution in [0.5, 0.6) is 5.75 Å². The SMILES string of the molecule is CCc1ccc(OCCNS(=O)(=O)c2ccc(C)c(C)c2)cc1. The van der Waals surface area contributed by atoms with Crippen molar-refractivity contribution >= 4 is 10.0 Å². The quantitative estimate of drug-likeness (QED) is 0.792. The van der Waals surface area contributed by atoms with E-state index in [4.69, 9.17) is 4.74 Å².